The maximum Gasteiger partial charge on any atom is 0.272 e. The van der Waals surface area contributed by atoms with Crippen molar-refractivity contribution in [2.75, 3.05) is 11.9 Å². The largest absolute Gasteiger partial charge is 0.368 e. The van der Waals surface area contributed by atoms with Crippen molar-refractivity contribution in [1.82, 2.24) is 9.88 Å². The molecule has 3 heterocycles. The summed E-state index contributed by atoms with van der Waals surface area (Å²) in [5, 5.41) is 5.34. The molecule has 1 amide bonds. The van der Waals surface area contributed by atoms with Gasteiger partial charge in [0, 0.05) is 24.0 Å². The van der Waals surface area contributed by atoms with E-state index in [0.29, 0.717) is 18.3 Å². The molecule has 0 saturated carbocycles. The van der Waals surface area contributed by atoms with Gasteiger partial charge in [-0.2, -0.15) is 0 Å². The van der Waals surface area contributed by atoms with Crippen LogP contribution in [0.15, 0.2) is 29.6 Å². The average Bonchev–Trinajstić information content (AvgIpc) is 2.93. The zero-order chi connectivity index (χ0) is 14.8. The zero-order valence-corrected chi connectivity index (χ0v) is 13.1. The van der Waals surface area contributed by atoms with E-state index >= 15 is 0 Å². The summed E-state index contributed by atoms with van der Waals surface area (Å²) in [6, 6.07) is 7.97. The smallest absolute Gasteiger partial charge is 0.272 e. The summed E-state index contributed by atoms with van der Waals surface area (Å²) in [7, 11) is 0. The summed E-state index contributed by atoms with van der Waals surface area (Å²) >= 11 is 1.78. The van der Waals surface area contributed by atoms with Gasteiger partial charge in [0.1, 0.15) is 11.5 Å². The fourth-order valence-corrected chi connectivity index (χ4v) is 3.40. The number of aromatic nitrogens is 1. The number of carbonyl (C=O) groups is 1. The Morgan fingerprint density at radius 3 is 3.05 bits per heavy atom. The third kappa shape index (κ3) is 3.08. The minimum Gasteiger partial charge on any atom is -0.368 e. The molecule has 0 aliphatic carbocycles. The van der Waals surface area contributed by atoms with Crippen molar-refractivity contribution in [3.63, 3.8) is 0 Å². The number of hydrogen-bond donors (Lipinski definition) is 1. The summed E-state index contributed by atoms with van der Waals surface area (Å²) < 4.78 is 0. The van der Waals surface area contributed by atoms with E-state index in [9.17, 15) is 4.79 Å². The van der Waals surface area contributed by atoms with Gasteiger partial charge >= 0.3 is 0 Å². The Morgan fingerprint density at radius 1 is 1.38 bits per heavy atom. The predicted octanol–water partition coefficient (Wildman–Crippen LogP) is 3.16. The topological polar surface area (TPSA) is 45.2 Å². The van der Waals surface area contributed by atoms with E-state index in [1.165, 1.54) is 10.4 Å². The van der Waals surface area contributed by atoms with E-state index in [1.54, 1.807) is 17.4 Å². The Kier molecular flexibility index (Phi) is 3.92. The lowest BCUT2D eigenvalue weighted by Gasteiger charge is -2.26. The maximum absolute atomic E-state index is 12.6. The Balaban J connectivity index is 1.77. The number of fused-ring (bicyclic) bond motifs is 1. The van der Waals surface area contributed by atoms with Crippen LogP contribution in [0, 0.1) is 0 Å². The van der Waals surface area contributed by atoms with Crippen LogP contribution in [0.5, 0.6) is 0 Å². The van der Waals surface area contributed by atoms with Gasteiger partial charge in [-0.05, 0) is 49.4 Å². The molecule has 2 aromatic rings. The number of carbonyl (C=O) groups excluding carboxylic acids is 1. The number of thiophene rings is 1. The highest BCUT2D eigenvalue weighted by molar-refractivity contribution is 7.10. The first-order valence-corrected chi connectivity index (χ1v) is 8.09. The maximum atomic E-state index is 12.6. The minimum atomic E-state index is 0.0132. The van der Waals surface area contributed by atoms with Gasteiger partial charge in [0.05, 0.1) is 0 Å². The molecule has 1 aliphatic rings. The van der Waals surface area contributed by atoms with Gasteiger partial charge in [-0.1, -0.05) is 6.07 Å². The summed E-state index contributed by atoms with van der Waals surface area (Å²) in [6.45, 7) is 5.58. The number of pyridine rings is 1. The zero-order valence-electron chi connectivity index (χ0n) is 12.3. The second-order valence-corrected chi connectivity index (χ2v) is 6.55. The predicted molar refractivity (Wildman–Crippen MR) is 85.8 cm³/mol. The second-order valence-electron chi connectivity index (χ2n) is 5.55. The van der Waals surface area contributed by atoms with Crippen LogP contribution in [0.3, 0.4) is 0 Å². The molecule has 0 unspecified atom stereocenters. The first-order chi connectivity index (χ1) is 10.1. The molecule has 5 heteroatoms. The molecular weight excluding hydrogens is 282 g/mol. The van der Waals surface area contributed by atoms with Crippen LogP contribution in [0.2, 0.25) is 0 Å². The van der Waals surface area contributed by atoms with E-state index in [1.807, 2.05) is 17.0 Å². The van der Waals surface area contributed by atoms with Crippen molar-refractivity contribution in [1.29, 1.82) is 0 Å². The lowest BCUT2D eigenvalue weighted by Crippen LogP contribution is -2.35. The van der Waals surface area contributed by atoms with Crippen molar-refractivity contribution in [2.24, 2.45) is 0 Å². The molecule has 3 rings (SSSR count). The molecule has 0 spiro atoms. The summed E-state index contributed by atoms with van der Waals surface area (Å²) in [6.07, 6.45) is 0.947. The van der Waals surface area contributed by atoms with Crippen molar-refractivity contribution >= 4 is 23.1 Å². The Hall–Kier alpha value is -1.88. The van der Waals surface area contributed by atoms with Gasteiger partial charge in [-0.15, -0.1) is 11.3 Å². The Labute approximate surface area is 128 Å². The van der Waals surface area contributed by atoms with Crippen LogP contribution >= 0.6 is 11.3 Å². The lowest BCUT2D eigenvalue weighted by atomic mass is 10.1. The van der Waals surface area contributed by atoms with Gasteiger partial charge in [-0.3, -0.25) is 4.79 Å². The number of anilines is 1. The third-order valence-electron chi connectivity index (χ3n) is 3.50. The second kappa shape index (κ2) is 5.85. The molecule has 21 heavy (non-hydrogen) atoms. The molecule has 0 saturated heterocycles. The first-order valence-electron chi connectivity index (χ1n) is 7.21. The summed E-state index contributed by atoms with van der Waals surface area (Å²) in [5.41, 5.74) is 1.79. The molecule has 1 N–H and O–H groups in total. The van der Waals surface area contributed by atoms with Crippen molar-refractivity contribution in [2.45, 2.75) is 32.9 Å². The Bertz CT molecular complexity index is 650. The van der Waals surface area contributed by atoms with Crippen LogP contribution in [0.25, 0.3) is 0 Å². The van der Waals surface area contributed by atoms with Crippen LogP contribution in [0.1, 0.15) is 34.8 Å². The lowest BCUT2D eigenvalue weighted by molar-refractivity contribution is 0.0730. The van der Waals surface area contributed by atoms with Crippen LogP contribution in [-0.2, 0) is 13.0 Å². The number of amides is 1. The van der Waals surface area contributed by atoms with E-state index in [-0.39, 0.29) is 5.91 Å². The van der Waals surface area contributed by atoms with Gasteiger partial charge in [0.25, 0.3) is 5.91 Å². The number of nitrogens with one attached hydrogen (secondary N) is 1. The monoisotopic (exact) mass is 301 g/mol. The van der Waals surface area contributed by atoms with Gasteiger partial charge < -0.3 is 10.2 Å². The number of rotatable bonds is 3. The molecular formula is C16H19N3OS. The number of nitrogens with zero attached hydrogens (tertiary/aromatic N) is 2. The highest BCUT2D eigenvalue weighted by atomic mass is 32.1. The fraction of sp³-hybridized carbons (Fsp3) is 0.375. The third-order valence-corrected chi connectivity index (χ3v) is 4.52. The molecule has 0 fully saturated rings. The van der Waals surface area contributed by atoms with E-state index < -0.39 is 0 Å². The molecule has 0 bridgehead atoms. The standard InChI is InChI=1S/C16H19N3OS/c1-11(2)17-15-5-3-4-13(18-15)16(20)19-8-6-14-12(10-19)7-9-21-14/h3-5,7,9,11H,6,8,10H2,1-2H3,(H,17,18). The summed E-state index contributed by atoms with van der Waals surface area (Å²) in [4.78, 5) is 20.3. The molecule has 0 radical (unpaired) electrons. The molecule has 4 nitrogen and oxygen atoms in total. The SMILES string of the molecule is CC(C)Nc1cccc(C(=O)N2CCc3sccc3C2)n1. The fourth-order valence-electron chi connectivity index (χ4n) is 2.51. The van der Waals surface area contributed by atoms with Gasteiger partial charge in [0.2, 0.25) is 0 Å². The highest BCUT2D eigenvalue weighted by Gasteiger charge is 2.23. The van der Waals surface area contributed by atoms with Crippen LogP contribution in [-0.4, -0.2) is 28.4 Å². The van der Waals surface area contributed by atoms with Crippen molar-refractivity contribution in [3.8, 4) is 0 Å². The normalized spacial score (nSPS) is 14.1. The molecule has 0 aromatic carbocycles. The van der Waals surface area contributed by atoms with Crippen molar-refractivity contribution < 1.29 is 4.79 Å². The number of hydrogen-bond acceptors (Lipinski definition) is 4. The van der Waals surface area contributed by atoms with E-state index in [4.69, 9.17) is 0 Å². The first kappa shape index (κ1) is 14.1. The summed E-state index contributed by atoms with van der Waals surface area (Å²) in [5.74, 6) is 0.767. The highest BCUT2D eigenvalue weighted by Crippen LogP contribution is 2.24. The quantitative estimate of drug-likeness (QED) is 0.947. The Morgan fingerprint density at radius 2 is 2.24 bits per heavy atom. The van der Waals surface area contributed by atoms with E-state index in [2.05, 4.69) is 35.6 Å². The minimum absolute atomic E-state index is 0.0132. The molecule has 0 atom stereocenters. The molecule has 110 valence electrons. The molecule has 2 aromatic heterocycles. The molecule has 1 aliphatic heterocycles. The average molecular weight is 301 g/mol. The van der Waals surface area contributed by atoms with Crippen LogP contribution in [0.4, 0.5) is 5.82 Å². The van der Waals surface area contributed by atoms with E-state index in [0.717, 1.165) is 18.8 Å². The van der Waals surface area contributed by atoms with Crippen LogP contribution < -0.4 is 5.32 Å². The van der Waals surface area contributed by atoms with Gasteiger partial charge in [0.15, 0.2) is 0 Å². The van der Waals surface area contributed by atoms with Gasteiger partial charge in [-0.25, -0.2) is 4.98 Å². The van der Waals surface area contributed by atoms with Crippen molar-refractivity contribution in [3.05, 3.63) is 45.8 Å².